The van der Waals surface area contributed by atoms with Gasteiger partial charge in [0.05, 0.1) is 18.5 Å². The Morgan fingerprint density at radius 1 is 1.07 bits per heavy atom. The van der Waals surface area contributed by atoms with Gasteiger partial charge in [-0.2, -0.15) is 0 Å². The molecule has 2 aliphatic rings. The number of hydrogen-bond acceptors (Lipinski definition) is 3. The molecule has 0 radical (unpaired) electrons. The Kier molecular flexibility index (Phi) is 5.08. The van der Waals surface area contributed by atoms with E-state index >= 15 is 0 Å². The Morgan fingerprint density at radius 2 is 1.83 bits per heavy atom. The van der Waals surface area contributed by atoms with Crippen LogP contribution in [0.3, 0.4) is 0 Å². The first kappa shape index (κ1) is 19.5. The van der Waals surface area contributed by atoms with Crippen molar-refractivity contribution >= 4 is 17.5 Å². The maximum atomic E-state index is 13.7. The van der Waals surface area contributed by atoms with Crippen LogP contribution < -0.4 is 4.90 Å². The van der Waals surface area contributed by atoms with Gasteiger partial charge in [0.25, 0.3) is 0 Å². The van der Waals surface area contributed by atoms with Gasteiger partial charge in [-0.1, -0.05) is 18.2 Å². The predicted molar refractivity (Wildman–Crippen MR) is 105 cm³/mol. The van der Waals surface area contributed by atoms with Crippen molar-refractivity contribution in [1.29, 1.82) is 0 Å². The van der Waals surface area contributed by atoms with Gasteiger partial charge in [0.15, 0.2) is 0 Å². The lowest BCUT2D eigenvalue weighted by atomic mass is 9.92. The predicted octanol–water partition coefficient (Wildman–Crippen LogP) is 2.46. The van der Waals surface area contributed by atoms with E-state index in [1.807, 2.05) is 11.9 Å². The maximum absolute atomic E-state index is 13.7. The molecule has 2 amide bonds. The van der Waals surface area contributed by atoms with E-state index in [0.717, 1.165) is 12.0 Å². The number of rotatable bonds is 3. The highest BCUT2D eigenvalue weighted by Crippen LogP contribution is 2.33. The molecule has 2 fully saturated rings. The minimum absolute atomic E-state index is 0.0175. The monoisotopic (exact) mass is 399 g/mol. The summed E-state index contributed by atoms with van der Waals surface area (Å²) in [4.78, 5) is 30.8. The van der Waals surface area contributed by atoms with E-state index in [4.69, 9.17) is 0 Å². The number of hydrogen-bond donors (Lipinski definition) is 0. The summed E-state index contributed by atoms with van der Waals surface area (Å²) in [6.07, 6.45) is 0.949. The van der Waals surface area contributed by atoms with E-state index in [9.17, 15) is 18.4 Å². The first-order valence-electron chi connectivity index (χ1n) is 9.66. The number of amides is 2. The molecule has 0 unspecified atom stereocenters. The number of nitrogens with zero attached hydrogens (tertiary/aromatic N) is 3. The van der Waals surface area contributed by atoms with E-state index in [1.165, 1.54) is 24.3 Å². The van der Waals surface area contributed by atoms with Gasteiger partial charge in [0.2, 0.25) is 11.8 Å². The zero-order valence-corrected chi connectivity index (χ0v) is 16.3. The summed E-state index contributed by atoms with van der Waals surface area (Å²) in [5.74, 6) is -0.811. The van der Waals surface area contributed by atoms with Crippen LogP contribution in [0.1, 0.15) is 12.0 Å². The van der Waals surface area contributed by atoms with Gasteiger partial charge >= 0.3 is 0 Å². The van der Waals surface area contributed by atoms with Crippen molar-refractivity contribution in [3.05, 3.63) is 65.7 Å². The fourth-order valence-corrected chi connectivity index (χ4v) is 4.24. The number of likely N-dealkylation sites (tertiary alicyclic amines) is 1. The van der Waals surface area contributed by atoms with Crippen LogP contribution >= 0.6 is 0 Å². The highest BCUT2D eigenvalue weighted by atomic mass is 19.1. The summed E-state index contributed by atoms with van der Waals surface area (Å²) in [7, 11) is 1.90. The summed E-state index contributed by atoms with van der Waals surface area (Å²) in [6, 6.07) is 12.0. The topological polar surface area (TPSA) is 43.9 Å². The largest absolute Gasteiger partial charge is 0.340 e. The molecule has 0 N–H and O–H groups in total. The van der Waals surface area contributed by atoms with E-state index in [0.29, 0.717) is 25.3 Å². The van der Waals surface area contributed by atoms with Crippen molar-refractivity contribution in [3.63, 3.8) is 0 Å². The summed E-state index contributed by atoms with van der Waals surface area (Å²) in [5, 5.41) is 0. The van der Waals surface area contributed by atoms with Crippen LogP contribution in [-0.4, -0.2) is 60.4 Å². The minimum atomic E-state index is -0.384. The van der Waals surface area contributed by atoms with Crippen LogP contribution in [0.25, 0.3) is 0 Å². The molecular weight excluding hydrogens is 376 g/mol. The van der Waals surface area contributed by atoms with Gasteiger partial charge in [0.1, 0.15) is 11.6 Å². The first-order valence-corrected chi connectivity index (χ1v) is 9.66. The SMILES string of the molecule is CN1CC(=O)N(c2cccc(F)c2)C[C@@]12CCN(C(=O)Cc1ccc(F)cc1)C2. The number of piperazine rings is 1. The number of halogens is 2. The van der Waals surface area contributed by atoms with Crippen molar-refractivity contribution in [2.75, 3.05) is 38.1 Å². The Morgan fingerprint density at radius 3 is 2.55 bits per heavy atom. The summed E-state index contributed by atoms with van der Waals surface area (Å²) >= 11 is 0. The molecule has 5 nitrogen and oxygen atoms in total. The average Bonchev–Trinajstić information content (AvgIpc) is 3.12. The summed E-state index contributed by atoms with van der Waals surface area (Å²) < 4.78 is 26.8. The van der Waals surface area contributed by atoms with Crippen LogP contribution in [-0.2, 0) is 16.0 Å². The van der Waals surface area contributed by atoms with Crippen LogP contribution in [0.4, 0.5) is 14.5 Å². The third-order valence-electron chi connectivity index (χ3n) is 6.01. The van der Waals surface area contributed by atoms with Gasteiger partial charge in [-0.05, 0) is 49.4 Å². The molecule has 2 aliphatic heterocycles. The normalized spacial score (nSPS) is 22.5. The number of carbonyl (C=O) groups excluding carboxylic acids is 2. The standard InChI is InChI=1S/C22H23F2N3O2/c1-25-13-21(29)27(19-4-2-3-18(24)12-19)15-22(25)9-10-26(14-22)20(28)11-16-5-7-17(23)8-6-16/h2-8,12H,9-11,13-15H2,1H3/t22-/m0/s1. The van der Waals surface area contributed by atoms with Crippen molar-refractivity contribution in [2.45, 2.75) is 18.4 Å². The van der Waals surface area contributed by atoms with E-state index < -0.39 is 0 Å². The van der Waals surface area contributed by atoms with Crippen molar-refractivity contribution in [2.24, 2.45) is 0 Å². The fourth-order valence-electron chi connectivity index (χ4n) is 4.24. The molecule has 2 aromatic carbocycles. The Bertz CT molecular complexity index is 934. The molecule has 2 aromatic rings. The third-order valence-corrected chi connectivity index (χ3v) is 6.01. The molecule has 1 spiro atoms. The Hall–Kier alpha value is -2.80. The smallest absolute Gasteiger partial charge is 0.241 e. The average molecular weight is 399 g/mol. The van der Waals surface area contributed by atoms with Crippen LogP contribution in [0, 0.1) is 11.6 Å². The number of benzene rings is 2. The number of likely N-dealkylation sites (N-methyl/N-ethyl adjacent to an activating group) is 1. The molecule has 0 saturated carbocycles. The van der Waals surface area contributed by atoms with Gasteiger partial charge in [-0.3, -0.25) is 14.5 Å². The number of carbonyl (C=O) groups is 2. The summed E-state index contributed by atoms with van der Waals surface area (Å²) in [6.45, 7) is 1.72. The van der Waals surface area contributed by atoms with E-state index in [1.54, 1.807) is 34.1 Å². The quantitative estimate of drug-likeness (QED) is 0.797. The third kappa shape index (κ3) is 3.87. The second-order valence-electron chi connectivity index (χ2n) is 7.91. The van der Waals surface area contributed by atoms with Crippen molar-refractivity contribution in [3.8, 4) is 0 Å². The molecule has 2 saturated heterocycles. The second kappa shape index (κ2) is 7.55. The lowest BCUT2D eigenvalue weighted by molar-refractivity contribution is -0.130. The minimum Gasteiger partial charge on any atom is -0.340 e. The van der Waals surface area contributed by atoms with Gasteiger partial charge in [-0.15, -0.1) is 0 Å². The maximum Gasteiger partial charge on any atom is 0.241 e. The highest BCUT2D eigenvalue weighted by Gasteiger charge is 2.48. The van der Waals surface area contributed by atoms with Crippen LogP contribution in [0.2, 0.25) is 0 Å². The van der Waals surface area contributed by atoms with Gasteiger partial charge < -0.3 is 9.80 Å². The molecule has 2 heterocycles. The van der Waals surface area contributed by atoms with Crippen LogP contribution in [0.5, 0.6) is 0 Å². The van der Waals surface area contributed by atoms with Crippen molar-refractivity contribution < 1.29 is 18.4 Å². The molecule has 0 aromatic heterocycles. The first-order chi connectivity index (χ1) is 13.9. The Labute approximate surface area is 168 Å². The van der Waals surface area contributed by atoms with E-state index in [-0.39, 0.29) is 42.0 Å². The fraction of sp³-hybridized carbons (Fsp3) is 0.364. The molecule has 7 heteroatoms. The zero-order chi connectivity index (χ0) is 20.6. The molecule has 152 valence electrons. The molecule has 0 bridgehead atoms. The zero-order valence-electron chi connectivity index (χ0n) is 16.3. The second-order valence-corrected chi connectivity index (χ2v) is 7.91. The summed E-state index contributed by atoms with van der Waals surface area (Å²) in [5.41, 5.74) is 0.947. The molecule has 1 atom stereocenters. The Balaban J connectivity index is 1.49. The number of anilines is 1. The molecule has 0 aliphatic carbocycles. The molecular formula is C22H23F2N3O2. The van der Waals surface area contributed by atoms with E-state index in [2.05, 4.69) is 0 Å². The van der Waals surface area contributed by atoms with Crippen LogP contribution in [0.15, 0.2) is 48.5 Å². The molecule has 4 rings (SSSR count). The lowest BCUT2D eigenvalue weighted by Crippen LogP contribution is -2.64. The van der Waals surface area contributed by atoms with Gasteiger partial charge in [-0.25, -0.2) is 8.78 Å². The van der Waals surface area contributed by atoms with Gasteiger partial charge in [0, 0.05) is 25.3 Å². The highest BCUT2D eigenvalue weighted by molar-refractivity contribution is 5.96. The lowest BCUT2D eigenvalue weighted by Gasteiger charge is -2.46. The van der Waals surface area contributed by atoms with Crippen molar-refractivity contribution in [1.82, 2.24) is 9.80 Å². The molecule has 29 heavy (non-hydrogen) atoms.